The standard InChI is InChI=1S/C14H19BrN2O4/c1-3-6-10(15)9-16-14(18)11-7-5-8-12(17(19)20)13(11)21-4-2/h5,7-8,10H,3-4,6,9H2,1-2H3,(H,16,18). The van der Waals surface area contributed by atoms with Crippen molar-refractivity contribution in [2.45, 2.75) is 31.5 Å². The normalized spacial score (nSPS) is 11.8. The monoisotopic (exact) mass is 358 g/mol. The summed E-state index contributed by atoms with van der Waals surface area (Å²) in [5.41, 5.74) is -0.0179. The Hall–Kier alpha value is -1.63. The van der Waals surface area contributed by atoms with E-state index in [-0.39, 0.29) is 34.3 Å². The lowest BCUT2D eigenvalue weighted by Crippen LogP contribution is -2.30. The maximum Gasteiger partial charge on any atom is 0.311 e. The number of para-hydroxylation sites is 1. The number of hydrogen-bond acceptors (Lipinski definition) is 4. The van der Waals surface area contributed by atoms with Gasteiger partial charge in [-0.3, -0.25) is 14.9 Å². The highest BCUT2D eigenvalue weighted by atomic mass is 79.9. The molecule has 0 bridgehead atoms. The second kappa shape index (κ2) is 8.61. The van der Waals surface area contributed by atoms with Crippen LogP contribution in [0.3, 0.4) is 0 Å². The minimum absolute atomic E-state index is 0.0177. The summed E-state index contributed by atoms with van der Waals surface area (Å²) >= 11 is 3.47. The van der Waals surface area contributed by atoms with Crippen LogP contribution in [-0.2, 0) is 0 Å². The molecule has 0 radical (unpaired) electrons. The Morgan fingerprint density at radius 2 is 2.19 bits per heavy atom. The molecule has 1 rings (SSSR count). The van der Waals surface area contributed by atoms with Crippen LogP contribution in [-0.4, -0.2) is 28.8 Å². The highest BCUT2D eigenvalue weighted by molar-refractivity contribution is 9.09. The van der Waals surface area contributed by atoms with Crippen LogP contribution in [0.1, 0.15) is 37.0 Å². The number of nitrogens with zero attached hydrogens (tertiary/aromatic N) is 1. The first kappa shape index (κ1) is 17.4. The lowest BCUT2D eigenvalue weighted by atomic mass is 10.1. The zero-order chi connectivity index (χ0) is 15.8. The van der Waals surface area contributed by atoms with Gasteiger partial charge in [0.2, 0.25) is 5.75 Å². The highest BCUT2D eigenvalue weighted by Crippen LogP contribution is 2.30. The van der Waals surface area contributed by atoms with Crippen LogP contribution in [0.5, 0.6) is 5.75 Å². The van der Waals surface area contributed by atoms with Gasteiger partial charge in [0, 0.05) is 17.4 Å². The van der Waals surface area contributed by atoms with Gasteiger partial charge in [-0.25, -0.2) is 0 Å². The molecule has 0 saturated carbocycles. The summed E-state index contributed by atoms with van der Waals surface area (Å²) in [5, 5.41) is 13.8. The third-order valence-electron chi connectivity index (χ3n) is 2.81. The summed E-state index contributed by atoms with van der Waals surface area (Å²) in [6.45, 7) is 4.49. The van der Waals surface area contributed by atoms with Crippen LogP contribution in [0.2, 0.25) is 0 Å². The molecular formula is C14H19BrN2O4. The third kappa shape index (κ3) is 5.00. The molecule has 0 fully saturated rings. The summed E-state index contributed by atoms with van der Waals surface area (Å²) in [6, 6.07) is 4.33. The predicted molar refractivity (Wildman–Crippen MR) is 84.2 cm³/mol. The van der Waals surface area contributed by atoms with Crippen molar-refractivity contribution in [2.75, 3.05) is 13.2 Å². The van der Waals surface area contributed by atoms with Gasteiger partial charge in [-0.05, 0) is 19.4 Å². The van der Waals surface area contributed by atoms with E-state index in [9.17, 15) is 14.9 Å². The van der Waals surface area contributed by atoms with Crippen molar-refractivity contribution in [1.29, 1.82) is 0 Å². The van der Waals surface area contributed by atoms with Crippen molar-refractivity contribution < 1.29 is 14.5 Å². The number of nitro benzene ring substituents is 1. The molecule has 1 unspecified atom stereocenters. The molecule has 0 saturated heterocycles. The number of benzene rings is 1. The number of ether oxygens (including phenoxy) is 1. The largest absolute Gasteiger partial charge is 0.487 e. The number of amides is 1. The van der Waals surface area contributed by atoms with Crippen molar-refractivity contribution in [1.82, 2.24) is 5.32 Å². The second-order valence-electron chi connectivity index (χ2n) is 4.44. The smallest absolute Gasteiger partial charge is 0.311 e. The van der Waals surface area contributed by atoms with Crippen molar-refractivity contribution in [2.24, 2.45) is 0 Å². The van der Waals surface area contributed by atoms with Gasteiger partial charge in [-0.1, -0.05) is 35.3 Å². The molecule has 116 valence electrons. The lowest BCUT2D eigenvalue weighted by molar-refractivity contribution is -0.385. The SMILES string of the molecule is CCCC(Br)CNC(=O)c1cccc([N+](=O)[O-])c1OCC. The molecule has 6 nitrogen and oxygen atoms in total. The van der Waals surface area contributed by atoms with Gasteiger partial charge in [-0.15, -0.1) is 0 Å². The van der Waals surface area contributed by atoms with Crippen LogP contribution < -0.4 is 10.1 Å². The van der Waals surface area contributed by atoms with Crippen LogP contribution in [0, 0.1) is 10.1 Å². The molecule has 1 N–H and O–H groups in total. The van der Waals surface area contributed by atoms with E-state index < -0.39 is 4.92 Å². The summed E-state index contributed by atoms with van der Waals surface area (Å²) in [5.74, 6) is -0.355. The molecule has 1 amide bonds. The molecule has 0 heterocycles. The van der Waals surface area contributed by atoms with Crippen molar-refractivity contribution in [3.05, 3.63) is 33.9 Å². The zero-order valence-electron chi connectivity index (χ0n) is 12.1. The number of alkyl halides is 1. The first-order valence-electron chi connectivity index (χ1n) is 6.83. The quantitative estimate of drug-likeness (QED) is 0.439. The number of carbonyl (C=O) groups excluding carboxylic acids is 1. The van der Waals surface area contributed by atoms with E-state index in [1.807, 2.05) is 0 Å². The highest BCUT2D eigenvalue weighted by Gasteiger charge is 2.23. The van der Waals surface area contributed by atoms with Gasteiger partial charge in [0.1, 0.15) is 0 Å². The third-order valence-corrected chi connectivity index (χ3v) is 3.59. The maximum absolute atomic E-state index is 12.2. The molecule has 0 aromatic heterocycles. The van der Waals surface area contributed by atoms with Crippen LogP contribution in [0.4, 0.5) is 5.69 Å². The molecule has 1 atom stereocenters. The van der Waals surface area contributed by atoms with Gasteiger partial charge in [-0.2, -0.15) is 0 Å². The molecule has 0 spiro atoms. The van der Waals surface area contributed by atoms with Crippen LogP contribution >= 0.6 is 15.9 Å². The number of nitrogens with one attached hydrogen (secondary N) is 1. The molecule has 0 aliphatic carbocycles. The van der Waals surface area contributed by atoms with Gasteiger partial charge < -0.3 is 10.1 Å². The zero-order valence-corrected chi connectivity index (χ0v) is 13.7. The second-order valence-corrected chi connectivity index (χ2v) is 5.73. The van der Waals surface area contributed by atoms with Gasteiger partial charge in [0.15, 0.2) is 0 Å². The number of halogens is 1. The Morgan fingerprint density at radius 1 is 1.48 bits per heavy atom. The summed E-state index contributed by atoms with van der Waals surface area (Å²) in [7, 11) is 0. The Kier molecular flexibility index (Phi) is 7.14. The predicted octanol–water partition coefficient (Wildman–Crippen LogP) is 3.29. The lowest BCUT2D eigenvalue weighted by Gasteiger charge is -2.13. The average Bonchev–Trinajstić information content (AvgIpc) is 2.45. The number of hydrogen-bond donors (Lipinski definition) is 1. The number of nitro groups is 1. The van der Waals surface area contributed by atoms with E-state index in [2.05, 4.69) is 28.2 Å². The molecule has 0 aliphatic heterocycles. The fourth-order valence-electron chi connectivity index (χ4n) is 1.86. The van der Waals surface area contributed by atoms with E-state index >= 15 is 0 Å². The van der Waals surface area contributed by atoms with Gasteiger partial charge in [0.05, 0.1) is 17.1 Å². The van der Waals surface area contributed by atoms with E-state index in [4.69, 9.17) is 4.74 Å². The van der Waals surface area contributed by atoms with Crippen molar-refractivity contribution in [3.8, 4) is 5.75 Å². The fraction of sp³-hybridized carbons (Fsp3) is 0.500. The van der Waals surface area contributed by atoms with Crippen molar-refractivity contribution >= 4 is 27.5 Å². The van der Waals surface area contributed by atoms with E-state index in [0.717, 1.165) is 12.8 Å². The molecular weight excluding hydrogens is 340 g/mol. The van der Waals surface area contributed by atoms with Crippen LogP contribution in [0.15, 0.2) is 18.2 Å². The summed E-state index contributed by atoms with van der Waals surface area (Å²) < 4.78 is 5.29. The molecule has 1 aromatic carbocycles. The van der Waals surface area contributed by atoms with E-state index in [1.54, 1.807) is 6.92 Å². The summed E-state index contributed by atoms with van der Waals surface area (Å²) in [4.78, 5) is 22.8. The number of carbonyl (C=O) groups is 1. The Bertz CT molecular complexity index is 508. The first-order chi connectivity index (χ1) is 10.0. The van der Waals surface area contributed by atoms with Crippen LogP contribution in [0.25, 0.3) is 0 Å². The molecule has 0 aliphatic rings. The van der Waals surface area contributed by atoms with Crippen molar-refractivity contribution in [3.63, 3.8) is 0 Å². The van der Waals surface area contributed by atoms with E-state index in [0.29, 0.717) is 6.54 Å². The minimum Gasteiger partial charge on any atom is -0.487 e. The van der Waals surface area contributed by atoms with E-state index in [1.165, 1.54) is 18.2 Å². The Balaban J connectivity index is 2.92. The van der Waals surface area contributed by atoms with Gasteiger partial charge in [0.25, 0.3) is 5.91 Å². The molecule has 21 heavy (non-hydrogen) atoms. The Morgan fingerprint density at radius 3 is 2.76 bits per heavy atom. The topological polar surface area (TPSA) is 81.5 Å². The number of rotatable bonds is 8. The summed E-state index contributed by atoms with van der Waals surface area (Å²) in [6.07, 6.45) is 1.94. The first-order valence-corrected chi connectivity index (χ1v) is 7.75. The minimum atomic E-state index is -0.549. The average molecular weight is 359 g/mol. The maximum atomic E-state index is 12.2. The fourth-order valence-corrected chi connectivity index (χ4v) is 2.48. The Labute approximate surface area is 132 Å². The molecule has 1 aromatic rings. The van der Waals surface area contributed by atoms with Gasteiger partial charge >= 0.3 is 5.69 Å². The molecule has 7 heteroatoms.